The van der Waals surface area contributed by atoms with E-state index in [1.54, 1.807) is 6.92 Å². The molecule has 3 atom stereocenters. The Labute approximate surface area is 90.4 Å². The predicted molar refractivity (Wildman–Crippen MR) is 58.0 cm³/mol. The average molecular weight is 219 g/mol. The normalized spacial score (nSPS) is 29.6. The van der Waals surface area contributed by atoms with Gasteiger partial charge in [0.1, 0.15) is 0 Å². The third-order valence-corrected chi connectivity index (χ3v) is 3.00. The van der Waals surface area contributed by atoms with Crippen molar-refractivity contribution in [3.8, 4) is 0 Å². The van der Waals surface area contributed by atoms with Gasteiger partial charge >= 0.3 is 0 Å². The molecule has 1 amide bonds. The number of alkyl halides is 1. The molecule has 3 nitrogen and oxygen atoms in total. The number of nitrogens with two attached hydrogens (primary N) is 1. The smallest absolute Gasteiger partial charge is 0.217 e. The van der Waals surface area contributed by atoms with Gasteiger partial charge in [-0.2, -0.15) is 0 Å². The van der Waals surface area contributed by atoms with E-state index in [0.29, 0.717) is 5.92 Å². The number of hydrogen-bond acceptors (Lipinski definition) is 2. The van der Waals surface area contributed by atoms with Crippen molar-refractivity contribution < 1.29 is 4.79 Å². The van der Waals surface area contributed by atoms with Crippen LogP contribution in [-0.4, -0.2) is 17.5 Å². The molecule has 1 aliphatic carbocycles. The molecule has 3 N–H and O–H groups in total. The minimum atomic E-state index is -0.283. The standard InChI is InChI=1S/C10H19ClN2O/c1-7(14)13-9-5-3-2-4-8(9)6-10(11)12/h8-10H,2-6,12H2,1H3,(H,13,14). The first-order valence-electron chi connectivity index (χ1n) is 5.26. The lowest BCUT2D eigenvalue weighted by molar-refractivity contribution is -0.120. The van der Waals surface area contributed by atoms with Crippen molar-refractivity contribution in [3.63, 3.8) is 0 Å². The zero-order valence-electron chi connectivity index (χ0n) is 8.63. The summed E-state index contributed by atoms with van der Waals surface area (Å²) in [6.07, 6.45) is 5.41. The van der Waals surface area contributed by atoms with Crippen molar-refractivity contribution in [3.05, 3.63) is 0 Å². The van der Waals surface area contributed by atoms with Crippen LogP contribution in [0.15, 0.2) is 0 Å². The van der Waals surface area contributed by atoms with Gasteiger partial charge in [-0.3, -0.25) is 4.79 Å². The maximum Gasteiger partial charge on any atom is 0.217 e. The molecule has 0 saturated heterocycles. The SMILES string of the molecule is CC(=O)NC1CCCCC1CC(N)Cl. The lowest BCUT2D eigenvalue weighted by atomic mass is 9.82. The quantitative estimate of drug-likeness (QED) is 0.559. The molecule has 0 bridgehead atoms. The highest BCUT2D eigenvalue weighted by Crippen LogP contribution is 2.28. The van der Waals surface area contributed by atoms with Gasteiger partial charge in [0.05, 0.1) is 5.50 Å². The molecule has 3 unspecified atom stereocenters. The summed E-state index contributed by atoms with van der Waals surface area (Å²) in [5.41, 5.74) is 5.29. The second-order valence-electron chi connectivity index (χ2n) is 4.10. The molecule has 0 radical (unpaired) electrons. The minimum Gasteiger partial charge on any atom is -0.353 e. The molecule has 82 valence electrons. The van der Waals surface area contributed by atoms with E-state index >= 15 is 0 Å². The lowest BCUT2D eigenvalue weighted by Gasteiger charge is -2.32. The molecule has 0 aromatic heterocycles. The summed E-state index contributed by atoms with van der Waals surface area (Å²) < 4.78 is 0. The number of rotatable bonds is 3. The largest absolute Gasteiger partial charge is 0.353 e. The van der Waals surface area contributed by atoms with Crippen LogP contribution >= 0.6 is 11.6 Å². The molecule has 0 aromatic carbocycles. The van der Waals surface area contributed by atoms with E-state index in [1.807, 2.05) is 0 Å². The molecular weight excluding hydrogens is 200 g/mol. The fourth-order valence-electron chi connectivity index (χ4n) is 2.23. The van der Waals surface area contributed by atoms with E-state index in [2.05, 4.69) is 5.32 Å². The third kappa shape index (κ3) is 3.84. The van der Waals surface area contributed by atoms with Crippen LogP contribution in [0.2, 0.25) is 0 Å². The second kappa shape index (κ2) is 5.56. The van der Waals surface area contributed by atoms with E-state index in [1.165, 1.54) is 12.8 Å². The van der Waals surface area contributed by atoms with Gasteiger partial charge in [0.25, 0.3) is 0 Å². The fraction of sp³-hybridized carbons (Fsp3) is 0.900. The first-order valence-corrected chi connectivity index (χ1v) is 5.70. The number of amides is 1. The monoisotopic (exact) mass is 218 g/mol. The van der Waals surface area contributed by atoms with Crippen LogP contribution < -0.4 is 11.1 Å². The molecule has 1 rings (SSSR count). The van der Waals surface area contributed by atoms with E-state index in [-0.39, 0.29) is 17.5 Å². The summed E-state index contributed by atoms with van der Waals surface area (Å²) in [4.78, 5) is 11.0. The molecule has 1 aliphatic rings. The van der Waals surface area contributed by atoms with E-state index in [4.69, 9.17) is 17.3 Å². The van der Waals surface area contributed by atoms with Crippen LogP contribution in [0.25, 0.3) is 0 Å². The maximum atomic E-state index is 11.0. The molecule has 1 saturated carbocycles. The fourth-order valence-corrected chi connectivity index (χ4v) is 2.46. The van der Waals surface area contributed by atoms with Crippen molar-refractivity contribution in [2.24, 2.45) is 11.7 Å². The summed E-state index contributed by atoms with van der Waals surface area (Å²) in [7, 11) is 0. The Morgan fingerprint density at radius 2 is 2.21 bits per heavy atom. The molecule has 1 fully saturated rings. The van der Waals surface area contributed by atoms with Crippen molar-refractivity contribution in [2.75, 3.05) is 0 Å². The summed E-state index contributed by atoms with van der Waals surface area (Å²) in [6, 6.07) is 0.283. The number of halogens is 1. The second-order valence-corrected chi connectivity index (χ2v) is 4.66. The van der Waals surface area contributed by atoms with Crippen molar-refractivity contribution in [2.45, 2.75) is 50.6 Å². The van der Waals surface area contributed by atoms with Gasteiger partial charge in [0, 0.05) is 13.0 Å². The van der Waals surface area contributed by atoms with Gasteiger partial charge in [-0.05, 0) is 25.2 Å². The molecule has 0 aromatic rings. The summed E-state index contributed by atoms with van der Waals surface area (Å²) in [5, 5.41) is 2.98. The molecule has 0 aliphatic heterocycles. The Hall–Kier alpha value is -0.280. The van der Waals surface area contributed by atoms with Crippen LogP contribution in [0, 0.1) is 5.92 Å². The van der Waals surface area contributed by atoms with Gasteiger partial charge in [0.15, 0.2) is 0 Å². The molecule has 0 heterocycles. The maximum absolute atomic E-state index is 11.0. The Morgan fingerprint density at radius 1 is 1.57 bits per heavy atom. The van der Waals surface area contributed by atoms with Crippen LogP contribution in [0.3, 0.4) is 0 Å². The van der Waals surface area contributed by atoms with Crippen LogP contribution in [-0.2, 0) is 4.79 Å². The Bertz CT molecular complexity index is 197. The highest BCUT2D eigenvalue weighted by Gasteiger charge is 2.26. The van der Waals surface area contributed by atoms with E-state index in [0.717, 1.165) is 19.3 Å². The highest BCUT2D eigenvalue weighted by atomic mass is 35.5. The summed E-state index contributed by atoms with van der Waals surface area (Å²) >= 11 is 5.78. The van der Waals surface area contributed by atoms with Crippen LogP contribution in [0.1, 0.15) is 39.0 Å². The summed E-state index contributed by atoms with van der Waals surface area (Å²) in [6.45, 7) is 1.56. The minimum absolute atomic E-state index is 0.0463. The third-order valence-electron chi connectivity index (χ3n) is 2.83. The first-order chi connectivity index (χ1) is 6.59. The number of hydrogen-bond donors (Lipinski definition) is 2. The zero-order chi connectivity index (χ0) is 10.6. The van der Waals surface area contributed by atoms with Crippen LogP contribution in [0.4, 0.5) is 0 Å². The topological polar surface area (TPSA) is 55.1 Å². The Kier molecular flexibility index (Phi) is 4.69. The van der Waals surface area contributed by atoms with Gasteiger partial charge in [0.2, 0.25) is 5.91 Å². The Morgan fingerprint density at radius 3 is 2.79 bits per heavy atom. The van der Waals surface area contributed by atoms with Crippen molar-refractivity contribution in [1.29, 1.82) is 0 Å². The number of carbonyl (C=O) groups is 1. The molecular formula is C10H19ClN2O. The molecule has 4 heteroatoms. The summed E-state index contributed by atoms with van der Waals surface area (Å²) in [5.74, 6) is 0.505. The van der Waals surface area contributed by atoms with Crippen molar-refractivity contribution in [1.82, 2.24) is 5.32 Å². The molecule has 0 spiro atoms. The lowest BCUT2D eigenvalue weighted by Crippen LogP contribution is -2.42. The van der Waals surface area contributed by atoms with E-state index in [9.17, 15) is 4.79 Å². The van der Waals surface area contributed by atoms with Gasteiger partial charge in [-0.25, -0.2) is 0 Å². The van der Waals surface area contributed by atoms with Crippen LogP contribution in [0.5, 0.6) is 0 Å². The van der Waals surface area contributed by atoms with Crippen molar-refractivity contribution >= 4 is 17.5 Å². The zero-order valence-corrected chi connectivity index (χ0v) is 9.39. The number of nitrogens with one attached hydrogen (secondary N) is 1. The average Bonchev–Trinajstić information content (AvgIpc) is 2.06. The predicted octanol–water partition coefficient (Wildman–Crippen LogP) is 1.59. The highest BCUT2D eigenvalue weighted by molar-refractivity contribution is 6.20. The van der Waals surface area contributed by atoms with Gasteiger partial charge in [-0.1, -0.05) is 12.8 Å². The number of carbonyl (C=O) groups excluding carboxylic acids is 1. The molecule has 14 heavy (non-hydrogen) atoms. The van der Waals surface area contributed by atoms with E-state index < -0.39 is 0 Å². The van der Waals surface area contributed by atoms with Gasteiger partial charge < -0.3 is 11.1 Å². The Balaban J connectivity index is 2.45. The first kappa shape index (κ1) is 11.8. The van der Waals surface area contributed by atoms with Gasteiger partial charge in [-0.15, -0.1) is 11.6 Å².